The average molecular weight is 269 g/mol. The van der Waals surface area contributed by atoms with Crippen molar-refractivity contribution in [1.82, 2.24) is 4.72 Å². The van der Waals surface area contributed by atoms with E-state index in [9.17, 15) is 17.4 Å². The zero-order chi connectivity index (χ0) is 13.3. The van der Waals surface area contributed by atoms with Gasteiger partial charge in [-0.1, -0.05) is 0 Å². The summed E-state index contributed by atoms with van der Waals surface area (Å²) < 4.78 is 56.0. The normalized spacial score (nSPS) is 16.8. The molecule has 0 radical (unpaired) electrons. The summed E-state index contributed by atoms with van der Waals surface area (Å²) in [5, 5.41) is 0. The molecule has 0 spiro atoms. The number of alkyl halides is 3. The van der Waals surface area contributed by atoms with E-state index in [1.54, 1.807) is 20.8 Å². The highest BCUT2D eigenvalue weighted by Crippen LogP contribution is 2.33. The van der Waals surface area contributed by atoms with Crippen LogP contribution in [0.5, 0.6) is 0 Å². The van der Waals surface area contributed by atoms with Gasteiger partial charge in [-0.05, 0) is 32.9 Å². The Morgan fingerprint density at radius 2 is 1.94 bits per heavy atom. The fourth-order valence-corrected chi connectivity index (χ4v) is 1.84. The van der Waals surface area contributed by atoms with E-state index < -0.39 is 28.0 Å². The Morgan fingerprint density at radius 3 is 2.29 bits per heavy atom. The van der Waals surface area contributed by atoms with Gasteiger partial charge in [0.2, 0.25) is 0 Å². The van der Waals surface area contributed by atoms with Crippen molar-refractivity contribution in [3.8, 4) is 0 Å². The van der Waals surface area contributed by atoms with E-state index in [4.69, 9.17) is 4.42 Å². The maximum Gasteiger partial charge on any atom is 0.411 e. The van der Waals surface area contributed by atoms with Gasteiger partial charge in [0.25, 0.3) is 0 Å². The predicted octanol–water partition coefficient (Wildman–Crippen LogP) is 2.93. The summed E-state index contributed by atoms with van der Waals surface area (Å²) >= 11 is 0. The van der Waals surface area contributed by atoms with Crippen LogP contribution in [0.25, 0.3) is 0 Å². The lowest BCUT2D eigenvalue weighted by atomic mass is 10.2. The van der Waals surface area contributed by atoms with Crippen LogP contribution in [-0.2, 0) is 11.0 Å². The molecule has 1 aromatic rings. The van der Waals surface area contributed by atoms with Crippen LogP contribution in [-0.4, -0.2) is 15.1 Å². The highest BCUT2D eigenvalue weighted by Gasteiger charge is 2.44. The smallest absolute Gasteiger partial charge is 0.411 e. The third-order valence-corrected chi connectivity index (χ3v) is 3.50. The van der Waals surface area contributed by atoms with Gasteiger partial charge >= 0.3 is 6.18 Å². The van der Waals surface area contributed by atoms with Gasteiger partial charge in [0, 0.05) is 0 Å². The van der Waals surface area contributed by atoms with Crippen LogP contribution in [0.3, 0.4) is 0 Å². The summed E-state index contributed by atoms with van der Waals surface area (Å²) in [6.07, 6.45) is -3.41. The molecule has 1 unspecified atom stereocenters. The van der Waals surface area contributed by atoms with E-state index in [-0.39, 0.29) is 5.76 Å². The van der Waals surface area contributed by atoms with Crippen molar-refractivity contribution in [2.24, 2.45) is 0 Å². The Labute approximate surface area is 100.0 Å². The van der Waals surface area contributed by atoms with Crippen LogP contribution in [0, 0.1) is 0 Å². The number of nitrogens with one attached hydrogen (secondary N) is 1. The van der Waals surface area contributed by atoms with Gasteiger partial charge in [0.15, 0.2) is 6.04 Å². The third kappa shape index (κ3) is 3.85. The number of hydrogen-bond acceptors (Lipinski definition) is 2. The first-order chi connectivity index (χ1) is 7.62. The third-order valence-electron chi connectivity index (χ3n) is 1.94. The van der Waals surface area contributed by atoms with E-state index in [1.807, 2.05) is 0 Å². The van der Waals surface area contributed by atoms with Crippen molar-refractivity contribution in [2.75, 3.05) is 0 Å². The monoisotopic (exact) mass is 269 g/mol. The molecule has 3 nitrogen and oxygen atoms in total. The lowest BCUT2D eigenvalue weighted by molar-refractivity contribution is -0.156. The van der Waals surface area contributed by atoms with E-state index in [2.05, 4.69) is 4.72 Å². The number of hydrogen-bond donors (Lipinski definition) is 1. The Morgan fingerprint density at radius 1 is 1.35 bits per heavy atom. The molecule has 1 rings (SSSR count). The zero-order valence-corrected chi connectivity index (χ0v) is 10.5. The summed E-state index contributed by atoms with van der Waals surface area (Å²) in [6, 6.07) is 0.499. The van der Waals surface area contributed by atoms with Crippen molar-refractivity contribution in [3.05, 3.63) is 24.2 Å². The SMILES string of the molecule is CC(C)(C)S(=O)N[C@@H](c1ccco1)C(F)(F)F. The van der Waals surface area contributed by atoms with Gasteiger partial charge < -0.3 is 4.42 Å². The molecule has 1 heterocycles. The van der Waals surface area contributed by atoms with E-state index in [0.29, 0.717) is 0 Å². The van der Waals surface area contributed by atoms with E-state index in [1.165, 1.54) is 12.1 Å². The molecule has 7 heteroatoms. The Balaban J connectivity index is 2.92. The van der Waals surface area contributed by atoms with Gasteiger partial charge in [-0.25, -0.2) is 8.93 Å². The molecule has 0 aliphatic carbocycles. The summed E-state index contributed by atoms with van der Waals surface area (Å²) in [6.45, 7) is 4.77. The molecule has 0 fully saturated rings. The lowest BCUT2D eigenvalue weighted by Crippen LogP contribution is -2.41. The van der Waals surface area contributed by atoms with Crippen LogP contribution in [0.15, 0.2) is 22.8 Å². The van der Waals surface area contributed by atoms with Gasteiger partial charge in [0.1, 0.15) is 5.76 Å². The van der Waals surface area contributed by atoms with Crippen molar-refractivity contribution in [3.63, 3.8) is 0 Å². The Hall–Kier alpha value is -0.820. The minimum atomic E-state index is -4.56. The van der Waals surface area contributed by atoms with Crippen LogP contribution in [0.4, 0.5) is 13.2 Å². The Bertz CT molecular complexity index is 381. The molecule has 0 saturated carbocycles. The van der Waals surface area contributed by atoms with Crippen molar-refractivity contribution in [2.45, 2.75) is 37.7 Å². The average Bonchev–Trinajstić information content (AvgIpc) is 2.62. The van der Waals surface area contributed by atoms with Crippen LogP contribution in [0.2, 0.25) is 0 Å². The number of furan rings is 1. The van der Waals surface area contributed by atoms with Gasteiger partial charge in [0.05, 0.1) is 22.0 Å². The molecule has 0 aliphatic heterocycles. The second-order valence-electron chi connectivity index (χ2n) is 4.49. The first-order valence-corrected chi connectivity index (χ1v) is 6.05. The van der Waals surface area contributed by atoms with Crippen LogP contribution >= 0.6 is 0 Å². The quantitative estimate of drug-likeness (QED) is 0.916. The molecule has 0 aromatic carbocycles. The second kappa shape index (κ2) is 4.81. The van der Waals surface area contributed by atoms with Gasteiger partial charge in [-0.3, -0.25) is 0 Å². The second-order valence-corrected chi connectivity index (χ2v) is 6.49. The van der Waals surface area contributed by atoms with Crippen LogP contribution in [0.1, 0.15) is 32.6 Å². The number of rotatable bonds is 3. The Kier molecular flexibility index (Phi) is 4.03. The topological polar surface area (TPSA) is 42.2 Å². The molecular weight excluding hydrogens is 255 g/mol. The molecule has 0 saturated heterocycles. The first-order valence-electron chi connectivity index (χ1n) is 4.90. The molecular formula is C10H14F3NO2S. The van der Waals surface area contributed by atoms with Gasteiger partial charge in [-0.2, -0.15) is 13.2 Å². The minimum absolute atomic E-state index is 0.296. The maximum atomic E-state index is 12.8. The highest BCUT2D eigenvalue weighted by atomic mass is 32.2. The summed E-state index contributed by atoms with van der Waals surface area (Å²) in [5.41, 5.74) is 0. The molecule has 17 heavy (non-hydrogen) atoms. The molecule has 1 aromatic heterocycles. The van der Waals surface area contributed by atoms with Crippen molar-refractivity contribution < 1.29 is 21.8 Å². The molecule has 1 N–H and O–H groups in total. The largest absolute Gasteiger partial charge is 0.467 e. The number of halogens is 3. The predicted molar refractivity (Wildman–Crippen MR) is 58.5 cm³/mol. The minimum Gasteiger partial charge on any atom is -0.467 e. The molecule has 98 valence electrons. The maximum absolute atomic E-state index is 12.8. The molecule has 0 amide bonds. The highest BCUT2D eigenvalue weighted by molar-refractivity contribution is 7.84. The molecule has 2 atom stereocenters. The zero-order valence-electron chi connectivity index (χ0n) is 9.67. The summed E-state index contributed by atoms with van der Waals surface area (Å²) in [5.74, 6) is -0.296. The first kappa shape index (κ1) is 14.2. The van der Waals surface area contributed by atoms with Gasteiger partial charge in [-0.15, -0.1) is 0 Å². The molecule has 0 bridgehead atoms. The van der Waals surface area contributed by atoms with Crippen molar-refractivity contribution in [1.29, 1.82) is 0 Å². The summed E-state index contributed by atoms with van der Waals surface area (Å²) in [7, 11) is -1.83. The fourth-order valence-electron chi connectivity index (χ4n) is 1.03. The standard InChI is InChI=1S/C10H14F3NO2S/c1-9(2,3)17(15)14-8(10(11,12)13)7-5-4-6-16-7/h4-6,8,14H,1-3H3/t8-,17?/m0/s1. The van der Waals surface area contributed by atoms with E-state index >= 15 is 0 Å². The summed E-state index contributed by atoms with van der Waals surface area (Å²) in [4.78, 5) is 0. The van der Waals surface area contributed by atoms with Crippen molar-refractivity contribution >= 4 is 11.0 Å². The van der Waals surface area contributed by atoms with Crippen LogP contribution < -0.4 is 4.72 Å². The van der Waals surface area contributed by atoms with E-state index in [0.717, 1.165) is 6.26 Å². The fraction of sp³-hybridized carbons (Fsp3) is 0.600. The molecule has 0 aliphatic rings. The lowest BCUT2D eigenvalue weighted by Gasteiger charge is -2.24.